The third-order valence-electron chi connectivity index (χ3n) is 5.58. The second-order valence-electron chi connectivity index (χ2n) is 8.23. The molecule has 0 aliphatic carbocycles. The third kappa shape index (κ3) is 7.75. The van der Waals surface area contributed by atoms with E-state index in [9.17, 15) is 14.4 Å². The number of hydrogen-bond donors (Lipinski definition) is 2. The van der Waals surface area contributed by atoms with E-state index in [1.807, 2.05) is 61.5 Å². The van der Waals surface area contributed by atoms with Crippen LogP contribution in [0.25, 0.3) is 0 Å². The summed E-state index contributed by atoms with van der Waals surface area (Å²) in [5.41, 5.74) is 1.74. The van der Waals surface area contributed by atoms with Crippen LogP contribution in [0.4, 0.5) is 0 Å². The molecule has 3 atom stereocenters. The molecule has 0 radical (unpaired) electrons. The van der Waals surface area contributed by atoms with Gasteiger partial charge < -0.3 is 15.4 Å². The van der Waals surface area contributed by atoms with E-state index in [1.165, 1.54) is 0 Å². The topological polar surface area (TPSA) is 84.5 Å². The van der Waals surface area contributed by atoms with Gasteiger partial charge in [0, 0.05) is 18.0 Å². The Morgan fingerprint density at radius 1 is 1.06 bits per heavy atom. The first kappa shape index (κ1) is 24.5. The van der Waals surface area contributed by atoms with Gasteiger partial charge in [-0.25, -0.2) is 0 Å². The number of allylic oxidation sites excluding steroid dienone is 2. The molecule has 7 heteroatoms. The Morgan fingerprint density at radius 2 is 1.76 bits per heavy atom. The summed E-state index contributed by atoms with van der Waals surface area (Å²) in [5.74, 6) is -1.57. The minimum atomic E-state index is -0.590. The lowest BCUT2D eigenvalue weighted by Gasteiger charge is -2.23. The number of benzene rings is 2. The van der Waals surface area contributed by atoms with Crippen molar-refractivity contribution < 1.29 is 19.1 Å². The van der Waals surface area contributed by atoms with Crippen molar-refractivity contribution in [1.82, 2.24) is 10.6 Å². The summed E-state index contributed by atoms with van der Waals surface area (Å²) in [4.78, 5) is 37.9. The van der Waals surface area contributed by atoms with E-state index in [0.717, 1.165) is 11.1 Å². The Kier molecular flexibility index (Phi) is 9.07. The predicted molar refractivity (Wildman–Crippen MR) is 127 cm³/mol. The number of ether oxygens (including phenoxy) is 1. The van der Waals surface area contributed by atoms with Crippen LogP contribution in [0.2, 0.25) is 5.02 Å². The van der Waals surface area contributed by atoms with Crippen molar-refractivity contribution in [1.29, 1.82) is 0 Å². The second-order valence-corrected chi connectivity index (χ2v) is 8.67. The van der Waals surface area contributed by atoms with Crippen LogP contribution in [0.1, 0.15) is 43.4 Å². The van der Waals surface area contributed by atoms with Gasteiger partial charge in [-0.15, -0.1) is 0 Å². The van der Waals surface area contributed by atoms with Crippen molar-refractivity contribution in [2.24, 2.45) is 11.8 Å². The average Bonchev–Trinajstić information content (AvgIpc) is 2.82. The number of cyclic esters (lactones) is 1. The summed E-state index contributed by atoms with van der Waals surface area (Å²) in [7, 11) is 0. The van der Waals surface area contributed by atoms with Gasteiger partial charge in [0.15, 0.2) is 0 Å². The Labute approximate surface area is 199 Å². The third-order valence-corrected chi connectivity index (χ3v) is 5.83. The van der Waals surface area contributed by atoms with E-state index >= 15 is 0 Å². The molecule has 2 amide bonds. The molecular formula is C26H29ClN2O4. The van der Waals surface area contributed by atoms with Crippen molar-refractivity contribution in [3.63, 3.8) is 0 Å². The summed E-state index contributed by atoms with van der Waals surface area (Å²) >= 11 is 5.90. The Hall–Kier alpha value is -3.12. The van der Waals surface area contributed by atoms with Gasteiger partial charge in [-0.1, -0.05) is 73.1 Å². The monoisotopic (exact) mass is 468 g/mol. The second kappa shape index (κ2) is 12.2. The van der Waals surface area contributed by atoms with E-state index in [0.29, 0.717) is 24.4 Å². The van der Waals surface area contributed by atoms with E-state index in [1.54, 1.807) is 12.1 Å². The Morgan fingerprint density at radius 3 is 2.48 bits per heavy atom. The van der Waals surface area contributed by atoms with E-state index in [4.69, 9.17) is 16.3 Å². The van der Waals surface area contributed by atoms with Crippen molar-refractivity contribution in [3.05, 3.63) is 82.9 Å². The average molecular weight is 469 g/mol. The Balaban J connectivity index is 1.66. The van der Waals surface area contributed by atoms with Crippen molar-refractivity contribution in [3.8, 4) is 0 Å². The molecule has 174 valence electrons. The number of rotatable bonds is 5. The van der Waals surface area contributed by atoms with Gasteiger partial charge in [-0.05, 0) is 36.1 Å². The zero-order valence-corrected chi connectivity index (χ0v) is 19.4. The summed E-state index contributed by atoms with van der Waals surface area (Å²) in [6.07, 6.45) is 4.13. The molecule has 0 saturated carbocycles. The van der Waals surface area contributed by atoms with Crippen LogP contribution in [0.3, 0.4) is 0 Å². The van der Waals surface area contributed by atoms with Crippen LogP contribution in [-0.2, 0) is 25.7 Å². The molecule has 0 aromatic heterocycles. The van der Waals surface area contributed by atoms with Crippen LogP contribution in [0.15, 0.2) is 66.7 Å². The van der Waals surface area contributed by atoms with Gasteiger partial charge in [0.2, 0.25) is 11.8 Å². The smallest absolute Gasteiger partial charge is 0.309 e. The minimum absolute atomic E-state index is 0.0646. The number of nitrogens with one attached hydrogen (secondary N) is 2. The zero-order chi connectivity index (χ0) is 23.6. The number of carbonyl (C=O) groups excluding carboxylic acids is 3. The molecule has 2 aromatic carbocycles. The quantitative estimate of drug-likeness (QED) is 0.504. The van der Waals surface area contributed by atoms with Gasteiger partial charge in [-0.2, -0.15) is 0 Å². The molecule has 3 rings (SSSR count). The van der Waals surface area contributed by atoms with Gasteiger partial charge >= 0.3 is 5.97 Å². The first-order valence-electron chi connectivity index (χ1n) is 11.1. The van der Waals surface area contributed by atoms with Crippen LogP contribution in [0.5, 0.6) is 0 Å². The van der Waals surface area contributed by atoms with Crippen molar-refractivity contribution in [2.75, 3.05) is 6.54 Å². The zero-order valence-electron chi connectivity index (χ0n) is 18.6. The predicted octanol–water partition coefficient (Wildman–Crippen LogP) is 4.35. The van der Waals surface area contributed by atoms with Gasteiger partial charge in [0.1, 0.15) is 6.10 Å². The highest BCUT2D eigenvalue weighted by molar-refractivity contribution is 6.30. The number of carbonyl (C=O) groups is 3. The molecule has 2 aromatic rings. The highest BCUT2D eigenvalue weighted by Crippen LogP contribution is 2.21. The molecule has 1 heterocycles. The molecule has 1 aliphatic rings. The molecule has 0 unspecified atom stereocenters. The molecule has 0 spiro atoms. The van der Waals surface area contributed by atoms with Crippen LogP contribution < -0.4 is 10.6 Å². The highest BCUT2D eigenvalue weighted by atomic mass is 35.5. The molecule has 6 nitrogen and oxygen atoms in total. The summed E-state index contributed by atoms with van der Waals surface area (Å²) in [5, 5.41) is 6.37. The van der Waals surface area contributed by atoms with Crippen LogP contribution in [-0.4, -0.2) is 24.3 Å². The normalized spacial score (nSPS) is 22.8. The van der Waals surface area contributed by atoms with E-state index < -0.39 is 12.0 Å². The SMILES string of the molecule is C[C@@H]1C/C=C/C[C@@H](CC(=O)NCc2ccc(Cl)cc2)C(=O)NC[C@@H](c2ccccc2)OC1=O. The molecule has 0 saturated heterocycles. The Bertz CT molecular complexity index is 976. The van der Waals surface area contributed by atoms with E-state index in [2.05, 4.69) is 10.6 Å². The van der Waals surface area contributed by atoms with Crippen LogP contribution in [0, 0.1) is 11.8 Å². The molecule has 0 bridgehead atoms. The summed E-state index contributed by atoms with van der Waals surface area (Å²) in [6, 6.07) is 16.6. The number of hydrogen-bond acceptors (Lipinski definition) is 4. The van der Waals surface area contributed by atoms with Gasteiger partial charge in [0.25, 0.3) is 0 Å². The molecule has 0 fully saturated rings. The number of amides is 2. The van der Waals surface area contributed by atoms with Crippen molar-refractivity contribution in [2.45, 2.75) is 38.8 Å². The fourth-order valence-corrected chi connectivity index (χ4v) is 3.65. The molecule has 2 N–H and O–H groups in total. The fraction of sp³-hybridized carbons (Fsp3) is 0.346. The van der Waals surface area contributed by atoms with Crippen molar-refractivity contribution >= 4 is 29.4 Å². The number of esters is 1. The lowest BCUT2D eigenvalue weighted by Crippen LogP contribution is -2.38. The molecular weight excluding hydrogens is 440 g/mol. The maximum absolute atomic E-state index is 12.9. The maximum atomic E-state index is 12.9. The van der Waals surface area contributed by atoms with Gasteiger partial charge in [0.05, 0.1) is 18.4 Å². The fourth-order valence-electron chi connectivity index (χ4n) is 3.53. The lowest BCUT2D eigenvalue weighted by molar-refractivity contribution is -0.154. The minimum Gasteiger partial charge on any atom is -0.455 e. The highest BCUT2D eigenvalue weighted by Gasteiger charge is 2.25. The van der Waals surface area contributed by atoms with Gasteiger partial charge in [-0.3, -0.25) is 14.4 Å². The summed E-state index contributed by atoms with van der Waals surface area (Å²) < 4.78 is 5.71. The molecule has 33 heavy (non-hydrogen) atoms. The lowest BCUT2D eigenvalue weighted by atomic mass is 9.97. The van der Waals surface area contributed by atoms with E-state index in [-0.39, 0.29) is 36.7 Å². The standard InChI is InChI=1S/C26H29ClN2O4/c1-18-7-5-6-10-21(15-24(30)28-16-19-11-13-22(27)14-12-19)25(31)29-17-23(33-26(18)32)20-8-3-2-4-9-20/h2-6,8-9,11-14,18,21,23H,7,10,15-17H2,1H3,(H,28,30)(H,29,31)/b6-5+/t18-,21+,23+/m1/s1. The number of halogens is 1. The maximum Gasteiger partial charge on any atom is 0.309 e. The first-order chi connectivity index (χ1) is 15.9. The first-order valence-corrected chi connectivity index (χ1v) is 11.5. The summed E-state index contributed by atoms with van der Waals surface area (Å²) in [6.45, 7) is 2.33. The molecule has 1 aliphatic heterocycles. The largest absolute Gasteiger partial charge is 0.455 e. The van der Waals surface area contributed by atoms with Crippen LogP contribution >= 0.6 is 11.6 Å².